The molecule has 0 spiro atoms. The first-order chi connectivity index (χ1) is 8.49. The van der Waals surface area contributed by atoms with Crippen molar-refractivity contribution < 1.29 is 19.4 Å². The molecular formula is C12H22N2O4. The van der Waals surface area contributed by atoms with E-state index in [4.69, 9.17) is 15.6 Å². The first kappa shape index (κ1) is 14.9. The first-order valence-corrected chi connectivity index (χ1v) is 6.37. The summed E-state index contributed by atoms with van der Waals surface area (Å²) >= 11 is 0. The van der Waals surface area contributed by atoms with Gasteiger partial charge >= 0.3 is 5.97 Å². The molecule has 1 rings (SSSR count). The molecule has 0 aromatic carbocycles. The van der Waals surface area contributed by atoms with Crippen LogP contribution < -0.4 is 5.73 Å². The summed E-state index contributed by atoms with van der Waals surface area (Å²) in [5.41, 5.74) is 5.49. The minimum atomic E-state index is -1.00. The Balaban J connectivity index is 2.67. The van der Waals surface area contributed by atoms with Crippen molar-refractivity contribution in [2.45, 2.75) is 51.4 Å². The maximum Gasteiger partial charge on any atom is 0.323 e. The fraction of sp³-hybridized carbons (Fsp3) is 0.833. The van der Waals surface area contributed by atoms with Crippen LogP contribution in [0.4, 0.5) is 0 Å². The van der Waals surface area contributed by atoms with Gasteiger partial charge in [-0.2, -0.15) is 0 Å². The summed E-state index contributed by atoms with van der Waals surface area (Å²) in [4.78, 5) is 24.4. The third-order valence-corrected chi connectivity index (χ3v) is 3.36. The van der Waals surface area contributed by atoms with E-state index < -0.39 is 12.1 Å². The average molecular weight is 258 g/mol. The lowest BCUT2D eigenvalue weighted by molar-refractivity contribution is -0.152. The van der Waals surface area contributed by atoms with Crippen molar-refractivity contribution in [1.29, 1.82) is 0 Å². The molecule has 3 N–H and O–H groups in total. The Morgan fingerprint density at radius 2 is 2.17 bits per heavy atom. The number of nitrogens with zero attached hydrogens (tertiary/aromatic N) is 1. The highest BCUT2D eigenvalue weighted by molar-refractivity contribution is 5.85. The number of aliphatic carboxylic acids is 1. The number of hydrogen-bond acceptors (Lipinski definition) is 4. The minimum Gasteiger partial charge on any atom is -0.480 e. The van der Waals surface area contributed by atoms with Crippen LogP contribution >= 0.6 is 0 Å². The molecule has 0 bridgehead atoms. The molecule has 18 heavy (non-hydrogen) atoms. The second kappa shape index (κ2) is 6.70. The van der Waals surface area contributed by atoms with Gasteiger partial charge in [0.2, 0.25) is 0 Å². The highest BCUT2D eigenvalue weighted by atomic mass is 16.5. The zero-order valence-electron chi connectivity index (χ0n) is 11.0. The summed E-state index contributed by atoms with van der Waals surface area (Å²) in [5.74, 6) is -1.24. The van der Waals surface area contributed by atoms with Crippen LogP contribution in [0.2, 0.25) is 0 Å². The summed E-state index contributed by atoms with van der Waals surface area (Å²) in [6.45, 7) is 3.88. The smallest absolute Gasteiger partial charge is 0.323 e. The lowest BCUT2D eigenvalue weighted by Gasteiger charge is -2.29. The van der Waals surface area contributed by atoms with Gasteiger partial charge in [-0.05, 0) is 26.2 Å². The largest absolute Gasteiger partial charge is 0.480 e. The number of amides is 1. The minimum absolute atomic E-state index is 0.0810. The van der Waals surface area contributed by atoms with Crippen LogP contribution in [0.15, 0.2) is 0 Å². The van der Waals surface area contributed by atoms with E-state index in [1.807, 2.05) is 13.8 Å². The van der Waals surface area contributed by atoms with E-state index in [1.54, 1.807) is 0 Å². The fourth-order valence-electron chi connectivity index (χ4n) is 2.06. The van der Waals surface area contributed by atoms with E-state index in [9.17, 15) is 9.59 Å². The Bertz CT molecular complexity index is 308. The molecule has 1 aliphatic heterocycles. The number of carbonyl (C=O) groups is 2. The number of rotatable bonds is 6. The third kappa shape index (κ3) is 3.68. The molecule has 1 amide bonds. The topological polar surface area (TPSA) is 92.9 Å². The van der Waals surface area contributed by atoms with Gasteiger partial charge in [-0.25, -0.2) is 0 Å². The summed E-state index contributed by atoms with van der Waals surface area (Å²) in [6.07, 6.45) is 1.47. The van der Waals surface area contributed by atoms with Crippen molar-refractivity contribution in [2.75, 3.05) is 13.1 Å². The molecule has 1 fully saturated rings. The number of hydrogen-bond donors (Lipinski definition) is 2. The fourth-order valence-corrected chi connectivity index (χ4v) is 2.06. The van der Waals surface area contributed by atoms with Gasteiger partial charge in [-0.15, -0.1) is 0 Å². The molecule has 6 nitrogen and oxygen atoms in total. The first-order valence-electron chi connectivity index (χ1n) is 6.37. The molecule has 0 saturated carbocycles. The zero-order valence-corrected chi connectivity index (χ0v) is 11.0. The Morgan fingerprint density at radius 3 is 2.61 bits per heavy atom. The number of carbonyl (C=O) groups excluding carboxylic acids is 1. The van der Waals surface area contributed by atoms with E-state index in [0.29, 0.717) is 19.4 Å². The van der Waals surface area contributed by atoms with Crippen LogP contribution in [0.3, 0.4) is 0 Å². The maximum absolute atomic E-state index is 12.2. The summed E-state index contributed by atoms with van der Waals surface area (Å²) in [6, 6.07) is -0.103. The van der Waals surface area contributed by atoms with Gasteiger partial charge < -0.3 is 20.5 Å². The van der Waals surface area contributed by atoms with Gasteiger partial charge in [0, 0.05) is 12.6 Å². The van der Waals surface area contributed by atoms with E-state index in [1.165, 1.54) is 4.90 Å². The summed E-state index contributed by atoms with van der Waals surface area (Å²) in [7, 11) is 0. The second-order valence-electron chi connectivity index (χ2n) is 4.68. The highest BCUT2D eigenvalue weighted by Crippen LogP contribution is 2.21. The third-order valence-electron chi connectivity index (χ3n) is 3.36. The monoisotopic (exact) mass is 258 g/mol. The number of nitrogens with two attached hydrogens (primary N) is 1. The standard InChI is InChI=1S/C12H22N2O4/c1-3-8(2)14(7-11(15)16)12(17)10-5-4-9(6-13)18-10/h8-10H,3-7,13H2,1-2H3,(H,15,16). The van der Waals surface area contributed by atoms with Crippen molar-refractivity contribution in [3.63, 3.8) is 0 Å². The predicted octanol–water partition coefficient (Wildman–Crippen LogP) is 0.204. The number of carboxylic acid groups (broad SMARTS) is 1. The zero-order chi connectivity index (χ0) is 13.7. The molecule has 1 aliphatic rings. The van der Waals surface area contributed by atoms with E-state index >= 15 is 0 Å². The highest BCUT2D eigenvalue weighted by Gasteiger charge is 2.34. The van der Waals surface area contributed by atoms with Gasteiger partial charge in [-0.3, -0.25) is 9.59 Å². The van der Waals surface area contributed by atoms with Crippen LogP contribution in [-0.2, 0) is 14.3 Å². The Kier molecular flexibility index (Phi) is 5.55. The van der Waals surface area contributed by atoms with Crippen LogP contribution in [-0.4, -0.2) is 53.2 Å². The quantitative estimate of drug-likeness (QED) is 0.710. The normalized spacial score (nSPS) is 24.8. The predicted molar refractivity (Wildman–Crippen MR) is 66.1 cm³/mol. The molecule has 1 saturated heterocycles. The van der Waals surface area contributed by atoms with Crippen LogP contribution in [0.1, 0.15) is 33.1 Å². The van der Waals surface area contributed by atoms with Crippen molar-refractivity contribution in [3.05, 3.63) is 0 Å². The van der Waals surface area contributed by atoms with Gasteiger partial charge in [-0.1, -0.05) is 6.92 Å². The number of carboxylic acids is 1. The lowest BCUT2D eigenvalue weighted by atomic mass is 10.1. The molecule has 0 aromatic heterocycles. The Labute approximate surface area is 107 Å². The van der Waals surface area contributed by atoms with Gasteiger partial charge in [0.1, 0.15) is 12.6 Å². The maximum atomic E-state index is 12.2. The molecule has 3 atom stereocenters. The van der Waals surface area contributed by atoms with Crippen LogP contribution in [0.5, 0.6) is 0 Å². The van der Waals surface area contributed by atoms with Crippen molar-refractivity contribution in [1.82, 2.24) is 4.90 Å². The summed E-state index contributed by atoms with van der Waals surface area (Å²) < 4.78 is 5.52. The second-order valence-corrected chi connectivity index (χ2v) is 4.68. The lowest BCUT2D eigenvalue weighted by Crippen LogP contribution is -2.47. The SMILES string of the molecule is CCC(C)N(CC(=O)O)C(=O)C1CCC(CN)O1. The molecule has 104 valence electrons. The van der Waals surface area contributed by atoms with Gasteiger partial charge in [0.25, 0.3) is 5.91 Å². The van der Waals surface area contributed by atoms with E-state index in [-0.39, 0.29) is 24.6 Å². The number of ether oxygens (including phenoxy) is 1. The molecule has 1 heterocycles. The van der Waals surface area contributed by atoms with Crippen LogP contribution in [0, 0.1) is 0 Å². The van der Waals surface area contributed by atoms with E-state index in [0.717, 1.165) is 6.42 Å². The van der Waals surface area contributed by atoms with Crippen molar-refractivity contribution in [2.24, 2.45) is 5.73 Å². The molecule has 0 aromatic rings. The van der Waals surface area contributed by atoms with Crippen molar-refractivity contribution >= 4 is 11.9 Å². The van der Waals surface area contributed by atoms with Crippen LogP contribution in [0.25, 0.3) is 0 Å². The average Bonchev–Trinajstić information content (AvgIpc) is 2.82. The van der Waals surface area contributed by atoms with Gasteiger partial charge in [0.05, 0.1) is 6.10 Å². The summed E-state index contributed by atoms with van der Waals surface area (Å²) in [5, 5.41) is 8.86. The van der Waals surface area contributed by atoms with Gasteiger partial charge in [0.15, 0.2) is 0 Å². The molecule has 6 heteroatoms. The molecule has 0 aliphatic carbocycles. The molecular weight excluding hydrogens is 236 g/mol. The molecule has 3 unspecified atom stereocenters. The Hall–Kier alpha value is -1.14. The van der Waals surface area contributed by atoms with Crippen molar-refractivity contribution in [3.8, 4) is 0 Å². The van der Waals surface area contributed by atoms with E-state index in [2.05, 4.69) is 0 Å². The molecule has 0 radical (unpaired) electrons. The Morgan fingerprint density at radius 1 is 1.50 bits per heavy atom.